The normalized spacial score (nSPS) is 24.6. The summed E-state index contributed by atoms with van der Waals surface area (Å²) in [6.07, 6.45) is 4.09. The van der Waals surface area contributed by atoms with Crippen molar-refractivity contribution in [3.05, 3.63) is 0 Å². The molecule has 16 heavy (non-hydrogen) atoms. The van der Waals surface area contributed by atoms with Crippen molar-refractivity contribution < 1.29 is 9.84 Å². The van der Waals surface area contributed by atoms with Gasteiger partial charge in [0.25, 0.3) is 0 Å². The van der Waals surface area contributed by atoms with Gasteiger partial charge in [0.15, 0.2) is 0 Å². The quantitative estimate of drug-likeness (QED) is 0.628. The minimum Gasteiger partial charge on any atom is -0.389 e. The molecule has 0 amide bonds. The minimum atomic E-state index is -0.373. The highest BCUT2D eigenvalue weighted by atomic mass is 16.5. The van der Waals surface area contributed by atoms with E-state index < -0.39 is 0 Å². The summed E-state index contributed by atoms with van der Waals surface area (Å²) in [6.45, 7) is 6.00. The van der Waals surface area contributed by atoms with Gasteiger partial charge in [-0.15, -0.1) is 0 Å². The molecule has 1 rings (SSSR count). The van der Waals surface area contributed by atoms with Crippen LogP contribution in [-0.2, 0) is 4.74 Å². The Kier molecular flexibility index (Phi) is 6.96. The van der Waals surface area contributed by atoms with Gasteiger partial charge >= 0.3 is 0 Å². The number of rotatable bonds is 7. The molecule has 1 unspecified atom stereocenters. The van der Waals surface area contributed by atoms with Crippen molar-refractivity contribution in [2.45, 2.75) is 44.8 Å². The number of nitrogens with two attached hydrogens (primary N) is 1. The molecule has 0 aromatic heterocycles. The van der Waals surface area contributed by atoms with Crippen LogP contribution in [0.2, 0.25) is 0 Å². The van der Waals surface area contributed by atoms with E-state index in [4.69, 9.17) is 10.5 Å². The molecule has 0 spiro atoms. The van der Waals surface area contributed by atoms with Crippen LogP contribution in [0.25, 0.3) is 0 Å². The third-order valence-corrected chi connectivity index (χ3v) is 2.96. The molecule has 1 aliphatic rings. The first kappa shape index (κ1) is 13.9. The van der Waals surface area contributed by atoms with E-state index in [0.29, 0.717) is 13.2 Å². The van der Waals surface area contributed by atoms with Crippen LogP contribution in [-0.4, -0.2) is 55.0 Å². The van der Waals surface area contributed by atoms with Crippen LogP contribution in [0.4, 0.5) is 0 Å². The van der Waals surface area contributed by atoms with Gasteiger partial charge in [-0.1, -0.05) is 13.3 Å². The molecule has 4 heteroatoms. The molecule has 1 heterocycles. The summed E-state index contributed by atoms with van der Waals surface area (Å²) in [5.41, 5.74) is 5.89. The summed E-state index contributed by atoms with van der Waals surface area (Å²) in [5, 5.41) is 9.78. The number of nitrogens with zero attached hydrogens (tertiary/aromatic N) is 1. The zero-order valence-electron chi connectivity index (χ0n) is 10.4. The summed E-state index contributed by atoms with van der Waals surface area (Å²) >= 11 is 0. The van der Waals surface area contributed by atoms with E-state index in [1.54, 1.807) is 0 Å². The number of piperidine rings is 1. The molecule has 3 N–H and O–H groups in total. The van der Waals surface area contributed by atoms with Gasteiger partial charge < -0.3 is 15.6 Å². The summed E-state index contributed by atoms with van der Waals surface area (Å²) < 4.78 is 5.40. The van der Waals surface area contributed by atoms with E-state index in [-0.39, 0.29) is 12.1 Å². The second-order valence-corrected chi connectivity index (χ2v) is 4.74. The average Bonchev–Trinajstić information content (AvgIpc) is 2.24. The van der Waals surface area contributed by atoms with Crippen LogP contribution in [0.1, 0.15) is 32.6 Å². The number of unbranched alkanes of at least 4 members (excludes halogenated alkanes) is 1. The summed E-state index contributed by atoms with van der Waals surface area (Å²) in [6, 6.07) is 0.280. The van der Waals surface area contributed by atoms with E-state index in [0.717, 1.165) is 45.4 Å². The molecule has 2 atom stereocenters. The molecule has 96 valence electrons. The Morgan fingerprint density at radius 2 is 2.38 bits per heavy atom. The van der Waals surface area contributed by atoms with Crippen LogP contribution in [0.15, 0.2) is 0 Å². The third-order valence-electron chi connectivity index (χ3n) is 2.96. The van der Waals surface area contributed by atoms with Crippen molar-refractivity contribution >= 4 is 0 Å². The monoisotopic (exact) mass is 230 g/mol. The maximum atomic E-state index is 9.78. The lowest BCUT2D eigenvalue weighted by molar-refractivity contribution is 0.0115. The number of hydrogen-bond donors (Lipinski definition) is 2. The lowest BCUT2D eigenvalue weighted by atomic mass is 10.1. The average molecular weight is 230 g/mol. The molecule has 1 saturated heterocycles. The molecule has 0 saturated carbocycles. The Hall–Kier alpha value is -0.160. The molecule has 0 aliphatic carbocycles. The summed E-state index contributed by atoms with van der Waals surface area (Å²) in [7, 11) is 0. The Labute approximate surface area is 98.8 Å². The van der Waals surface area contributed by atoms with Gasteiger partial charge in [-0.2, -0.15) is 0 Å². The van der Waals surface area contributed by atoms with E-state index in [1.807, 2.05) is 0 Å². The second kappa shape index (κ2) is 8.01. The van der Waals surface area contributed by atoms with Crippen molar-refractivity contribution in [2.75, 3.05) is 32.8 Å². The third kappa shape index (κ3) is 5.80. The fourth-order valence-corrected chi connectivity index (χ4v) is 2.07. The second-order valence-electron chi connectivity index (χ2n) is 4.74. The Bertz CT molecular complexity index is 178. The zero-order chi connectivity index (χ0) is 11.8. The summed E-state index contributed by atoms with van der Waals surface area (Å²) in [4.78, 5) is 2.24. The molecule has 0 aromatic carbocycles. The van der Waals surface area contributed by atoms with E-state index >= 15 is 0 Å². The van der Waals surface area contributed by atoms with Crippen LogP contribution >= 0.6 is 0 Å². The van der Waals surface area contributed by atoms with Gasteiger partial charge in [-0.3, -0.25) is 4.90 Å². The Balaban J connectivity index is 2.06. The fourth-order valence-electron chi connectivity index (χ4n) is 2.07. The smallest absolute Gasteiger partial charge is 0.0900 e. The predicted octanol–water partition coefficient (Wildman–Crippen LogP) is 0.587. The maximum absolute atomic E-state index is 9.78. The maximum Gasteiger partial charge on any atom is 0.0900 e. The standard InChI is InChI=1S/C12H26N2O2/c1-2-3-7-16-10-12(15)9-14-6-4-5-11(13)8-14/h11-12,15H,2-10,13H2,1H3/t11-,12?/m1/s1. The molecule has 0 bridgehead atoms. The number of β-amino-alcohol motifs (C(OH)–C–C–N with tert-alkyl or cyclic N) is 1. The first-order chi connectivity index (χ1) is 7.72. The van der Waals surface area contributed by atoms with Crippen LogP contribution < -0.4 is 5.73 Å². The highest BCUT2D eigenvalue weighted by Crippen LogP contribution is 2.08. The van der Waals surface area contributed by atoms with Crippen molar-refractivity contribution in [2.24, 2.45) is 5.73 Å². The number of aliphatic hydroxyl groups is 1. The van der Waals surface area contributed by atoms with Gasteiger partial charge in [-0.25, -0.2) is 0 Å². The van der Waals surface area contributed by atoms with Gasteiger partial charge in [0.05, 0.1) is 12.7 Å². The summed E-state index contributed by atoms with van der Waals surface area (Å²) in [5.74, 6) is 0. The molecule has 1 fully saturated rings. The molecule has 1 aliphatic heterocycles. The number of aliphatic hydroxyl groups excluding tert-OH is 1. The highest BCUT2D eigenvalue weighted by molar-refractivity contribution is 4.76. The number of likely N-dealkylation sites (tertiary alicyclic amines) is 1. The molecule has 0 radical (unpaired) electrons. The SMILES string of the molecule is CCCCOCC(O)CN1CCC[C@@H](N)C1. The first-order valence-corrected chi connectivity index (χ1v) is 6.46. The van der Waals surface area contributed by atoms with Gasteiger partial charge in [0.2, 0.25) is 0 Å². The van der Waals surface area contributed by atoms with Gasteiger partial charge in [-0.05, 0) is 25.8 Å². The Morgan fingerprint density at radius 1 is 1.56 bits per heavy atom. The van der Waals surface area contributed by atoms with Gasteiger partial charge in [0, 0.05) is 25.7 Å². The minimum absolute atomic E-state index is 0.280. The van der Waals surface area contributed by atoms with Crippen molar-refractivity contribution in [1.29, 1.82) is 0 Å². The van der Waals surface area contributed by atoms with Crippen molar-refractivity contribution in [3.63, 3.8) is 0 Å². The van der Waals surface area contributed by atoms with Crippen molar-refractivity contribution in [3.8, 4) is 0 Å². The fraction of sp³-hybridized carbons (Fsp3) is 1.00. The first-order valence-electron chi connectivity index (χ1n) is 6.46. The largest absolute Gasteiger partial charge is 0.389 e. The van der Waals surface area contributed by atoms with E-state index in [9.17, 15) is 5.11 Å². The zero-order valence-corrected chi connectivity index (χ0v) is 10.4. The number of hydrogen-bond acceptors (Lipinski definition) is 4. The molecule has 0 aromatic rings. The Morgan fingerprint density at radius 3 is 3.06 bits per heavy atom. The van der Waals surface area contributed by atoms with Gasteiger partial charge in [0.1, 0.15) is 0 Å². The van der Waals surface area contributed by atoms with E-state index in [1.165, 1.54) is 0 Å². The predicted molar refractivity (Wildman–Crippen MR) is 65.4 cm³/mol. The van der Waals surface area contributed by atoms with Crippen LogP contribution in [0.5, 0.6) is 0 Å². The molecular formula is C12H26N2O2. The van der Waals surface area contributed by atoms with Crippen LogP contribution in [0.3, 0.4) is 0 Å². The molecule has 4 nitrogen and oxygen atoms in total. The highest BCUT2D eigenvalue weighted by Gasteiger charge is 2.18. The van der Waals surface area contributed by atoms with Crippen LogP contribution in [0, 0.1) is 0 Å². The topological polar surface area (TPSA) is 58.7 Å². The lowest BCUT2D eigenvalue weighted by Crippen LogP contribution is -2.46. The molecular weight excluding hydrogens is 204 g/mol. The number of ether oxygens (including phenoxy) is 1. The van der Waals surface area contributed by atoms with E-state index in [2.05, 4.69) is 11.8 Å². The lowest BCUT2D eigenvalue weighted by Gasteiger charge is -2.32. The van der Waals surface area contributed by atoms with Crippen molar-refractivity contribution in [1.82, 2.24) is 4.90 Å².